The van der Waals surface area contributed by atoms with Gasteiger partial charge in [-0.05, 0) is 59.5 Å². The van der Waals surface area contributed by atoms with Crippen LogP contribution >= 0.6 is 0 Å². The third kappa shape index (κ3) is 3.89. The van der Waals surface area contributed by atoms with Crippen molar-refractivity contribution < 1.29 is 4.74 Å². The highest BCUT2D eigenvalue weighted by Crippen LogP contribution is 2.23. The van der Waals surface area contributed by atoms with Crippen LogP contribution in [0, 0.1) is 0 Å². The number of rotatable bonds is 5. The van der Waals surface area contributed by atoms with E-state index in [1.165, 1.54) is 16.7 Å². The molecule has 128 valence electrons. The molecular weight excluding hydrogens is 320 g/mol. The van der Waals surface area contributed by atoms with Gasteiger partial charge in [-0.25, -0.2) is 0 Å². The highest BCUT2D eigenvalue weighted by Gasteiger charge is 2.13. The normalized spacial score (nSPS) is 13.3. The summed E-state index contributed by atoms with van der Waals surface area (Å²) < 4.78 is 5.96. The van der Waals surface area contributed by atoms with Gasteiger partial charge in [0.2, 0.25) is 0 Å². The van der Waals surface area contributed by atoms with Crippen LogP contribution in [0.5, 0.6) is 5.75 Å². The van der Waals surface area contributed by atoms with Crippen molar-refractivity contribution in [3.8, 4) is 5.75 Å². The molecule has 1 aromatic heterocycles. The van der Waals surface area contributed by atoms with Gasteiger partial charge in [0.25, 0.3) is 0 Å². The number of pyridine rings is 1. The van der Waals surface area contributed by atoms with Crippen LogP contribution in [0.4, 0.5) is 0 Å². The minimum Gasteiger partial charge on any atom is -0.489 e. The van der Waals surface area contributed by atoms with Crippen LogP contribution in [0.25, 0.3) is 6.08 Å². The zero-order valence-corrected chi connectivity index (χ0v) is 14.5. The number of benzene rings is 2. The molecule has 2 aromatic carbocycles. The summed E-state index contributed by atoms with van der Waals surface area (Å²) in [6, 6.07) is 20.5. The Kier molecular flexibility index (Phi) is 4.88. The average molecular weight is 340 g/mol. The number of allylic oxidation sites excluding steroid dienone is 1. The van der Waals surface area contributed by atoms with Crippen molar-refractivity contribution in [3.05, 3.63) is 101 Å². The van der Waals surface area contributed by atoms with E-state index in [1.54, 1.807) is 12.4 Å². The topological polar surface area (TPSA) is 34.5 Å². The molecule has 0 saturated carbocycles. The lowest BCUT2D eigenvalue weighted by Crippen LogP contribution is -2.11. The lowest BCUT2D eigenvalue weighted by atomic mass is 9.96. The van der Waals surface area contributed by atoms with Crippen LogP contribution in [0.1, 0.15) is 22.3 Å². The van der Waals surface area contributed by atoms with E-state index in [-0.39, 0.29) is 0 Å². The second-order valence-corrected chi connectivity index (χ2v) is 6.22. The largest absolute Gasteiger partial charge is 0.489 e. The summed E-state index contributed by atoms with van der Waals surface area (Å²) in [6.45, 7) is 1.40. The molecule has 3 nitrogen and oxygen atoms in total. The van der Waals surface area contributed by atoms with Crippen molar-refractivity contribution in [2.24, 2.45) is 4.99 Å². The number of hydrogen-bond donors (Lipinski definition) is 0. The van der Waals surface area contributed by atoms with E-state index in [9.17, 15) is 0 Å². The van der Waals surface area contributed by atoms with Crippen molar-refractivity contribution in [1.82, 2.24) is 4.98 Å². The maximum Gasteiger partial charge on any atom is 0.120 e. The van der Waals surface area contributed by atoms with Crippen LogP contribution in [-0.2, 0) is 13.0 Å². The maximum absolute atomic E-state index is 5.96. The Morgan fingerprint density at radius 1 is 0.923 bits per heavy atom. The van der Waals surface area contributed by atoms with Crippen molar-refractivity contribution in [2.45, 2.75) is 13.0 Å². The third-order valence-corrected chi connectivity index (χ3v) is 4.40. The van der Waals surface area contributed by atoms with E-state index in [0.29, 0.717) is 6.61 Å². The predicted octanol–water partition coefficient (Wildman–Crippen LogP) is 4.72. The van der Waals surface area contributed by atoms with E-state index in [4.69, 9.17) is 4.74 Å². The molecule has 3 aromatic rings. The van der Waals surface area contributed by atoms with Gasteiger partial charge in [0.05, 0.1) is 5.71 Å². The van der Waals surface area contributed by atoms with Gasteiger partial charge in [-0.3, -0.25) is 9.98 Å². The first kappa shape index (κ1) is 16.3. The molecule has 0 aliphatic carbocycles. The minimum atomic E-state index is 0.586. The van der Waals surface area contributed by atoms with Gasteiger partial charge in [-0.15, -0.1) is 0 Å². The first-order valence-corrected chi connectivity index (χ1v) is 8.81. The van der Waals surface area contributed by atoms with Crippen LogP contribution in [0.15, 0.2) is 84.1 Å². The molecule has 1 aliphatic heterocycles. The Balaban J connectivity index is 1.49. The van der Waals surface area contributed by atoms with Gasteiger partial charge in [0.1, 0.15) is 12.4 Å². The zero-order valence-electron chi connectivity index (χ0n) is 14.5. The summed E-state index contributed by atoms with van der Waals surface area (Å²) in [5, 5.41) is 0. The van der Waals surface area contributed by atoms with E-state index >= 15 is 0 Å². The van der Waals surface area contributed by atoms with Crippen LogP contribution in [0.2, 0.25) is 0 Å². The van der Waals surface area contributed by atoms with Gasteiger partial charge < -0.3 is 4.74 Å². The monoisotopic (exact) mass is 340 g/mol. The first-order chi connectivity index (χ1) is 12.9. The van der Waals surface area contributed by atoms with Gasteiger partial charge in [0.15, 0.2) is 0 Å². The van der Waals surface area contributed by atoms with Crippen LogP contribution in [-0.4, -0.2) is 17.2 Å². The van der Waals surface area contributed by atoms with E-state index < -0.39 is 0 Å². The van der Waals surface area contributed by atoms with Gasteiger partial charge in [-0.1, -0.05) is 36.4 Å². The van der Waals surface area contributed by atoms with E-state index in [2.05, 4.69) is 46.4 Å². The Hall–Kier alpha value is -3.20. The fourth-order valence-electron chi connectivity index (χ4n) is 3.03. The number of hydrogen-bond acceptors (Lipinski definition) is 3. The number of nitrogens with zero attached hydrogens (tertiary/aromatic N) is 2. The first-order valence-electron chi connectivity index (χ1n) is 8.81. The van der Waals surface area contributed by atoms with Gasteiger partial charge >= 0.3 is 0 Å². The Bertz CT molecular complexity index is 931. The second kappa shape index (κ2) is 7.79. The summed E-state index contributed by atoms with van der Waals surface area (Å²) in [7, 11) is 0. The summed E-state index contributed by atoms with van der Waals surface area (Å²) in [5.41, 5.74) is 5.80. The maximum atomic E-state index is 5.96. The fourth-order valence-corrected chi connectivity index (χ4v) is 3.03. The Morgan fingerprint density at radius 3 is 2.62 bits per heavy atom. The average Bonchev–Trinajstić information content (AvgIpc) is 2.72. The Labute approximate surface area is 153 Å². The van der Waals surface area contributed by atoms with Crippen molar-refractivity contribution in [1.29, 1.82) is 0 Å². The molecule has 3 heteroatoms. The molecular formula is C23H20N2O. The van der Waals surface area contributed by atoms with Crippen molar-refractivity contribution in [2.75, 3.05) is 6.54 Å². The number of fused-ring (bicyclic) bond motifs is 1. The van der Waals surface area contributed by atoms with Gasteiger partial charge in [-0.2, -0.15) is 0 Å². The summed E-state index contributed by atoms with van der Waals surface area (Å²) in [6.07, 6.45) is 8.71. The molecule has 0 unspecified atom stereocenters. The van der Waals surface area contributed by atoms with Crippen molar-refractivity contribution >= 4 is 11.8 Å². The molecule has 0 fully saturated rings. The molecule has 0 bridgehead atoms. The molecule has 4 rings (SSSR count). The highest BCUT2D eigenvalue weighted by atomic mass is 16.5. The fraction of sp³-hybridized carbons (Fsp3) is 0.130. The lowest BCUT2D eigenvalue weighted by molar-refractivity contribution is 0.306. The smallest absolute Gasteiger partial charge is 0.120 e. The molecule has 1 aliphatic rings. The number of aromatic nitrogens is 1. The summed E-state index contributed by atoms with van der Waals surface area (Å²) in [5.74, 6) is 0.909. The van der Waals surface area contributed by atoms with E-state index in [0.717, 1.165) is 30.0 Å². The molecule has 0 N–H and O–H groups in total. The third-order valence-electron chi connectivity index (χ3n) is 4.40. The molecule has 2 heterocycles. The SMILES string of the molecule is C(=Cc1ccncc1)C1=NCCc2cc(OCc3ccccc3)ccc21. The zero-order chi connectivity index (χ0) is 17.6. The predicted molar refractivity (Wildman–Crippen MR) is 106 cm³/mol. The number of aliphatic imine (C=N–C) groups is 1. The Morgan fingerprint density at radius 2 is 1.77 bits per heavy atom. The van der Waals surface area contributed by atoms with Gasteiger partial charge in [0, 0.05) is 24.5 Å². The van der Waals surface area contributed by atoms with Crippen molar-refractivity contribution in [3.63, 3.8) is 0 Å². The highest BCUT2D eigenvalue weighted by molar-refractivity contribution is 6.12. The molecule has 0 saturated heterocycles. The summed E-state index contributed by atoms with van der Waals surface area (Å²) in [4.78, 5) is 8.73. The molecule has 0 radical (unpaired) electrons. The van der Waals surface area contributed by atoms with Crippen LogP contribution in [0.3, 0.4) is 0 Å². The molecule has 0 atom stereocenters. The second-order valence-electron chi connectivity index (χ2n) is 6.22. The summed E-state index contributed by atoms with van der Waals surface area (Å²) >= 11 is 0. The standard InChI is InChI=1S/C23H20N2O/c1-2-4-19(5-3-1)17-26-21-7-8-22-20(16-21)12-15-25-23(22)9-6-18-10-13-24-14-11-18/h1-11,13-14,16H,12,15,17H2. The van der Waals surface area contributed by atoms with E-state index in [1.807, 2.05) is 36.4 Å². The quantitative estimate of drug-likeness (QED) is 0.673. The van der Waals surface area contributed by atoms with Crippen LogP contribution < -0.4 is 4.74 Å². The minimum absolute atomic E-state index is 0.586. The molecule has 0 amide bonds. The molecule has 26 heavy (non-hydrogen) atoms. The number of ether oxygens (including phenoxy) is 1. The lowest BCUT2D eigenvalue weighted by Gasteiger charge is -2.16. The molecule has 0 spiro atoms.